The summed E-state index contributed by atoms with van der Waals surface area (Å²) in [6.45, 7) is 0. The molecule has 0 radical (unpaired) electrons. The van der Waals surface area contributed by atoms with E-state index < -0.39 is 18.0 Å². The standard InChI is InChI=1S/C8H6F2N4O/c9-8(10)5-3-7(15)14(13-5)6-1-2-11-4-12-6/h1-2,4,8H,3H2. The summed E-state index contributed by atoms with van der Waals surface area (Å²) in [4.78, 5) is 18.7. The van der Waals surface area contributed by atoms with E-state index in [0.29, 0.717) is 0 Å². The lowest BCUT2D eigenvalue weighted by atomic mass is 10.3. The van der Waals surface area contributed by atoms with E-state index in [4.69, 9.17) is 0 Å². The van der Waals surface area contributed by atoms with Gasteiger partial charge in [0.1, 0.15) is 12.0 Å². The summed E-state index contributed by atoms with van der Waals surface area (Å²) in [5.74, 6) is -0.311. The molecule has 0 aromatic carbocycles. The molecule has 0 bridgehead atoms. The van der Waals surface area contributed by atoms with Crippen LogP contribution in [-0.2, 0) is 4.79 Å². The monoisotopic (exact) mass is 212 g/mol. The predicted molar refractivity (Wildman–Crippen MR) is 47.6 cm³/mol. The number of halogens is 2. The fourth-order valence-corrected chi connectivity index (χ4v) is 1.16. The first-order chi connectivity index (χ1) is 7.18. The van der Waals surface area contributed by atoms with Crippen molar-refractivity contribution in [2.75, 3.05) is 5.01 Å². The van der Waals surface area contributed by atoms with Gasteiger partial charge in [-0.1, -0.05) is 0 Å². The number of carbonyl (C=O) groups is 1. The maximum Gasteiger partial charge on any atom is 0.278 e. The Morgan fingerprint density at radius 1 is 1.47 bits per heavy atom. The Bertz CT molecular complexity index is 406. The molecule has 0 fully saturated rings. The van der Waals surface area contributed by atoms with Gasteiger partial charge in [-0.25, -0.2) is 18.7 Å². The van der Waals surface area contributed by atoms with Gasteiger partial charge in [-0.05, 0) is 0 Å². The molecule has 78 valence electrons. The van der Waals surface area contributed by atoms with Crippen LogP contribution in [0, 0.1) is 0 Å². The quantitative estimate of drug-likeness (QED) is 0.729. The molecular formula is C8H6F2N4O. The molecule has 0 atom stereocenters. The Hall–Kier alpha value is -1.92. The Morgan fingerprint density at radius 3 is 2.80 bits per heavy atom. The van der Waals surface area contributed by atoms with Gasteiger partial charge < -0.3 is 0 Å². The first kappa shape index (κ1) is 9.63. The van der Waals surface area contributed by atoms with Crippen LogP contribution in [0.4, 0.5) is 14.6 Å². The summed E-state index contributed by atoms with van der Waals surface area (Å²) in [5.41, 5.74) is -0.432. The number of nitrogens with zero attached hydrogens (tertiary/aromatic N) is 4. The van der Waals surface area contributed by atoms with Crippen molar-refractivity contribution in [1.29, 1.82) is 0 Å². The number of aromatic nitrogens is 2. The molecule has 1 aliphatic heterocycles. The second kappa shape index (κ2) is 3.68. The van der Waals surface area contributed by atoms with Crippen molar-refractivity contribution in [3.63, 3.8) is 0 Å². The molecule has 1 aromatic rings. The Balaban J connectivity index is 2.28. The first-order valence-electron chi connectivity index (χ1n) is 4.13. The van der Waals surface area contributed by atoms with Gasteiger partial charge in [0.25, 0.3) is 12.3 Å². The van der Waals surface area contributed by atoms with Crippen LogP contribution in [0.2, 0.25) is 0 Å². The average Bonchev–Trinajstić information content (AvgIpc) is 2.62. The van der Waals surface area contributed by atoms with Crippen LogP contribution in [0.1, 0.15) is 6.42 Å². The van der Waals surface area contributed by atoms with Gasteiger partial charge in [-0.15, -0.1) is 0 Å². The zero-order chi connectivity index (χ0) is 10.8. The topological polar surface area (TPSA) is 58.5 Å². The van der Waals surface area contributed by atoms with Gasteiger partial charge in [0.15, 0.2) is 5.82 Å². The molecule has 2 heterocycles. The molecule has 1 amide bonds. The number of amides is 1. The molecule has 0 saturated heterocycles. The first-order valence-corrected chi connectivity index (χ1v) is 4.13. The van der Waals surface area contributed by atoms with Crippen molar-refractivity contribution in [2.24, 2.45) is 5.10 Å². The van der Waals surface area contributed by atoms with Gasteiger partial charge in [-0.2, -0.15) is 10.1 Å². The molecule has 5 nitrogen and oxygen atoms in total. The van der Waals surface area contributed by atoms with Crippen molar-refractivity contribution in [2.45, 2.75) is 12.8 Å². The second-order valence-corrected chi connectivity index (χ2v) is 2.84. The predicted octanol–water partition coefficient (Wildman–Crippen LogP) is 0.834. The van der Waals surface area contributed by atoms with Gasteiger partial charge in [0.2, 0.25) is 0 Å². The van der Waals surface area contributed by atoms with E-state index in [1.165, 1.54) is 18.6 Å². The van der Waals surface area contributed by atoms with Crippen LogP contribution in [-0.4, -0.2) is 28.0 Å². The number of carbonyl (C=O) groups excluding carboxylic acids is 1. The van der Waals surface area contributed by atoms with Crippen LogP contribution >= 0.6 is 0 Å². The normalized spacial score (nSPS) is 16.1. The number of anilines is 1. The highest BCUT2D eigenvalue weighted by Gasteiger charge is 2.30. The maximum absolute atomic E-state index is 12.3. The lowest BCUT2D eigenvalue weighted by Crippen LogP contribution is -2.20. The minimum Gasteiger partial charge on any atom is -0.272 e. The van der Waals surface area contributed by atoms with Crippen molar-refractivity contribution in [1.82, 2.24) is 9.97 Å². The van der Waals surface area contributed by atoms with Crippen molar-refractivity contribution < 1.29 is 13.6 Å². The largest absolute Gasteiger partial charge is 0.278 e. The summed E-state index contributed by atoms with van der Waals surface area (Å²) in [6, 6.07) is 1.43. The zero-order valence-corrected chi connectivity index (χ0v) is 7.47. The lowest BCUT2D eigenvalue weighted by Gasteiger charge is -2.08. The summed E-state index contributed by atoms with van der Waals surface area (Å²) in [5, 5.41) is 4.36. The van der Waals surface area contributed by atoms with E-state index in [-0.39, 0.29) is 12.2 Å². The minimum absolute atomic E-state index is 0.200. The third-order valence-corrected chi connectivity index (χ3v) is 1.83. The molecule has 2 rings (SSSR count). The maximum atomic E-state index is 12.3. The molecule has 0 saturated carbocycles. The smallest absolute Gasteiger partial charge is 0.272 e. The summed E-state index contributed by atoms with van der Waals surface area (Å²) < 4.78 is 24.5. The van der Waals surface area contributed by atoms with Gasteiger partial charge >= 0.3 is 0 Å². The van der Waals surface area contributed by atoms with Crippen molar-refractivity contribution in [3.05, 3.63) is 18.6 Å². The zero-order valence-electron chi connectivity index (χ0n) is 7.47. The third kappa shape index (κ3) is 1.80. The lowest BCUT2D eigenvalue weighted by molar-refractivity contribution is -0.117. The Morgan fingerprint density at radius 2 is 2.27 bits per heavy atom. The SMILES string of the molecule is O=C1CC(C(F)F)=NN1c1ccncn1. The molecule has 0 spiro atoms. The summed E-state index contributed by atoms with van der Waals surface area (Å²) >= 11 is 0. The minimum atomic E-state index is -2.71. The van der Waals surface area contributed by atoms with E-state index in [0.717, 1.165) is 5.01 Å². The molecule has 0 unspecified atom stereocenters. The number of alkyl halides is 2. The summed E-state index contributed by atoms with van der Waals surface area (Å²) in [6.07, 6.45) is -0.438. The highest BCUT2D eigenvalue weighted by molar-refractivity contribution is 6.13. The van der Waals surface area contributed by atoms with E-state index >= 15 is 0 Å². The number of hydrogen-bond donors (Lipinski definition) is 0. The van der Waals surface area contributed by atoms with Crippen LogP contribution in [0.15, 0.2) is 23.7 Å². The van der Waals surface area contributed by atoms with Gasteiger partial charge in [-0.3, -0.25) is 4.79 Å². The Kier molecular flexibility index (Phi) is 2.36. The van der Waals surface area contributed by atoms with E-state index in [1.807, 2.05) is 0 Å². The highest BCUT2D eigenvalue weighted by atomic mass is 19.3. The fourth-order valence-electron chi connectivity index (χ4n) is 1.16. The van der Waals surface area contributed by atoms with E-state index in [2.05, 4.69) is 15.1 Å². The van der Waals surface area contributed by atoms with Crippen molar-refractivity contribution >= 4 is 17.4 Å². The highest BCUT2D eigenvalue weighted by Crippen LogP contribution is 2.19. The second-order valence-electron chi connectivity index (χ2n) is 2.84. The number of hydrazone groups is 1. The molecule has 0 N–H and O–H groups in total. The molecule has 1 aliphatic rings. The van der Waals surface area contributed by atoms with Crippen LogP contribution < -0.4 is 5.01 Å². The van der Waals surface area contributed by atoms with Crippen LogP contribution in [0.3, 0.4) is 0 Å². The Labute approximate surface area is 83.4 Å². The molecule has 0 aliphatic carbocycles. The number of hydrogen-bond acceptors (Lipinski definition) is 4. The van der Waals surface area contributed by atoms with Crippen molar-refractivity contribution in [3.8, 4) is 0 Å². The van der Waals surface area contributed by atoms with E-state index in [9.17, 15) is 13.6 Å². The number of rotatable bonds is 2. The van der Waals surface area contributed by atoms with E-state index in [1.54, 1.807) is 0 Å². The van der Waals surface area contributed by atoms with Gasteiger partial charge in [0.05, 0.1) is 6.42 Å². The average molecular weight is 212 g/mol. The molecule has 1 aromatic heterocycles. The van der Waals surface area contributed by atoms with Gasteiger partial charge in [0, 0.05) is 12.3 Å². The van der Waals surface area contributed by atoms with Crippen LogP contribution in [0.25, 0.3) is 0 Å². The molecular weight excluding hydrogens is 206 g/mol. The molecule has 15 heavy (non-hydrogen) atoms. The fraction of sp³-hybridized carbons (Fsp3) is 0.250. The third-order valence-electron chi connectivity index (χ3n) is 1.83. The molecule has 7 heteroatoms. The van der Waals surface area contributed by atoms with Crippen LogP contribution in [0.5, 0.6) is 0 Å². The summed E-state index contributed by atoms with van der Waals surface area (Å²) in [7, 11) is 0.